The van der Waals surface area contributed by atoms with E-state index in [4.69, 9.17) is 23.3 Å². The average molecular weight is 1030 g/mol. The van der Waals surface area contributed by atoms with Crippen LogP contribution in [0.5, 0.6) is 0 Å². The minimum Gasteiger partial charge on any atom is -0.462 e. The van der Waals surface area contributed by atoms with E-state index >= 15 is 0 Å². The Morgan fingerprint density at radius 3 is 1.61 bits per heavy atom. The molecule has 1 saturated carbocycles. The molecule has 2 fully saturated rings. The molecule has 1 aliphatic heterocycles. The summed E-state index contributed by atoms with van der Waals surface area (Å²) in [4.78, 5) is 54.5. The smallest absolute Gasteiger partial charge is 0.462 e. The fourth-order valence-electron chi connectivity index (χ4n) is 7.40. The molecule has 10 atom stereocenters. The molecule has 2 aliphatic rings. The van der Waals surface area contributed by atoms with Gasteiger partial charge in [-0.2, -0.15) is 0 Å². The molecule has 0 bridgehead atoms. The van der Waals surface area contributed by atoms with Gasteiger partial charge < -0.3 is 49.3 Å². The number of phosphoric ester groups is 2. The predicted octanol–water partition coefficient (Wildman–Crippen LogP) is 9.16. The molecule has 400 valence electrons. The van der Waals surface area contributed by atoms with Crippen molar-refractivity contribution in [1.29, 1.82) is 0 Å². The maximum Gasteiger partial charge on any atom is 0.472 e. The molecule has 19 heteroatoms. The first-order valence-corrected chi connectivity index (χ1v) is 28.3. The molecular weight excluding hydrogens is 946 g/mol. The van der Waals surface area contributed by atoms with Crippen LogP contribution in [0.4, 0.5) is 0 Å². The highest BCUT2D eigenvalue weighted by Gasteiger charge is 2.54. The zero-order chi connectivity index (χ0) is 51.5. The summed E-state index contributed by atoms with van der Waals surface area (Å²) in [7, 11) is -10.7. The monoisotopic (exact) mass is 1030 g/mol. The van der Waals surface area contributed by atoms with Crippen LogP contribution < -0.4 is 0 Å². The largest absolute Gasteiger partial charge is 0.472 e. The highest BCUT2D eigenvalue weighted by molar-refractivity contribution is 7.47. The molecule has 17 nitrogen and oxygen atoms in total. The van der Waals surface area contributed by atoms with Gasteiger partial charge in [0.2, 0.25) is 0 Å². The van der Waals surface area contributed by atoms with Gasteiger partial charge in [0, 0.05) is 12.8 Å². The molecule has 70 heavy (non-hydrogen) atoms. The first-order valence-electron chi connectivity index (χ1n) is 25.3. The number of epoxide rings is 1. The summed E-state index contributed by atoms with van der Waals surface area (Å²) in [6.45, 7) is 2.90. The molecule has 0 radical (unpaired) electrons. The summed E-state index contributed by atoms with van der Waals surface area (Å²) in [5.74, 6) is -1.30. The number of carbonyl (C=O) groups is 2. The van der Waals surface area contributed by atoms with Gasteiger partial charge in [-0.05, 0) is 89.9 Å². The predicted molar refractivity (Wildman–Crippen MR) is 268 cm³/mol. The van der Waals surface area contributed by atoms with Crippen molar-refractivity contribution >= 4 is 27.6 Å². The Bertz CT molecular complexity index is 1740. The van der Waals surface area contributed by atoms with Gasteiger partial charge in [0.15, 0.2) is 6.10 Å². The van der Waals surface area contributed by atoms with Gasteiger partial charge in [-0.15, -0.1) is 0 Å². The number of carbonyl (C=O) groups excluding carboxylic acids is 2. The highest BCUT2D eigenvalue weighted by atomic mass is 31.2. The molecule has 0 aromatic heterocycles. The topological polar surface area (TPSA) is 269 Å². The summed E-state index contributed by atoms with van der Waals surface area (Å²) in [5, 5.41) is 41.3. The lowest BCUT2D eigenvalue weighted by molar-refractivity contribution is -0.216. The third kappa shape index (κ3) is 30.9. The van der Waals surface area contributed by atoms with Crippen LogP contribution in [0.25, 0.3) is 0 Å². The lowest BCUT2D eigenvalue weighted by atomic mass is 9.85. The van der Waals surface area contributed by atoms with Gasteiger partial charge in [0.05, 0.1) is 18.8 Å². The summed E-state index contributed by atoms with van der Waals surface area (Å²) >= 11 is 0. The van der Waals surface area contributed by atoms with Crippen molar-refractivity contribution in [2.45, 2.75) is 210 Å². The van der Waals surface area contributed by atoms with Gasteiger partial charge in [-0.3, -0.25) is 23.2 Å². The van der Waals surface area contributed by atoms with Crippen molar-refractivity contribution < 1.29 is 81.6 Å². The molecule has 1 aliphatic carbocycles. The van der Waals surface area contributed by atoms with E-state index in [0.717, 1.165) is 89.9 Å². The normalized spacial score (nSPS) is 24.6. The van der Waals surface area contributed by atoms with Gasteiger partial charge in [0.25, 0.3) is 0 Å². The number of esters is 2. The van der Waals surface area contributed by atoms with Gasteiger partial charge in [-0.1, -0.05) is 137 Å². The van der Waals surface area contributed by atoms with Crippen LogP contribution in [-0.4, -0.2) is 115 Å². The van der Waals surface area contributed by atoms with Gasteiger partial charge in [0.1, 0.15) is 43.2 Å². The highest BCUT2D eigenvalue weighted by Crippen LogP contribution is 2.49. The Hall–Kier alpha value is -2.86. The van der Waals surface area contributed by atoms with Crippen LogP contribution >= 0.6 is 15.6 Å². The zero-order valence-electron chi connectivity index (χ0n) is 41.4. The van der Waals surface area contributed by atoms with Crippen LogP contribution in [-0.2, 0) is 46.5 Å². The summed E-state index contributed by atoms with van der Waals surface area (Å²) in [6, 6.07) is 0. The average Bonchev–Trinajstić information content (AvgIpc) is 4.07. The van der Waals surface area contributed by atoms with Crippen LogP contribution in [0.2, 0.25) is 0 Å². The van der Waals surface area contributed by atoms with Crippen LogP contribution in [0, 0.1) is 0 Å². The number of aliphatic hydroxyl groups excluding tert-OH is 4. The first-order chi connectivity index (χ1) is 33.6. The molecule has 2 rings (SSSR count). The van der Waals surface area contributed by atoms with E-state index in [1.807, 2.05) is 0 Å². The molecular formula is C51H84O17P2. The number of ether oxygens (including phenoxy) is 3. The van der Waals surface area contributed by atoms with E-state index in [1.54, 1.807) is 0 Å². The van der Waals surface area contributed by atoms with E-state index in [2.05, 4.69) is 103 Å². The molecule has 1 heterocycles. The summed E-state index contributed by atoms with van der Waals surface area (Å²) < 4.78 is 55.2. The number of hydrogen-bond donors (Lipinski definition) is 7. The SMILES string of the molecule is CC/C=C\C/C=C\C/C=C\C/C=C\CCCCCCCCC(=O)OC[C@H](COP(=O)(O)O[C@H]1C(O)C(O)C(O)[C@@H](OP(=O)(O)O)C1O)OC(=O)CCCC1OC1C/C=C\C/C=C\C/C=C\CCCCC. The van der Waals surface area contributed by atoms with E-state index < -0.39 is 83.5 Å². The Balaban J connectivity index is 1.81. The minimum absolute atomic E-state index is 0.0174. The van der Waals surface area contributed by atoms with Gasteiger partial charge in [-0.25, -0.2) is 9.13 Å². The molecule has 7 N–H and O–H groups in total. The molecule has 0 spiro atoms. The zero-order valence-corrected chi connectivity index (χ0v) is 43.1. The number of unbranched alkanes of at least 4 members (excludes halogenated alkanes) is 9. The van der Waals surface area contributed by atoms with Crippen molar-refractivity contribution in [3.63, 3.8) is 0 Å². The lowest BCUT2D eigenvalue weighted by Gasteiger charge is -2.43. The molecule has 0 amide bonds. The molecule has 0 aromatic rings. The number of aliphatic hydroxyl groups is 4. The van der Waals surface area contributed by atoms with Crippen molar-refractivity contribution in [1.82, 2.24) is 0 Å². The first kappa shape index (κ1) is 63.3. The molecule has 0 aromatic carbocycles. The second-order valence-electron chi connectivity index (χ2n) is 17.5. The quantitative estimate of drug-likeness (QED) is 0.00991. The Morgan fingerprint density at radius 2 is 1.04 bits per heavy atom. The van der Waals surface area contributed by atoms with Crippen molar-refractivity contribution in [3.05, 3.63) is 85.1 Å². The van der Waals surface area contributed by atoms with E-state index in [0.29, 0.717) is 19.3 Å². The van der Waals surface area contributed by atoms with E-state index in [9.17, 15) is 53.8 Å². The summed E-state index contributed by atoms with van der Waals surface area (Å²) in [5.41, 5.74) is 0. The molecule has 1 saturated heterocycles. The maximum absolute atomic E-state index is 13.0. The standard InChI is InChI=1S/C51H84O17P2/c1-3-5-7-9-11-13-15-17-18-19-20-21-22-23-25-27-29-31-33-37-44(52)63-39-41(40-64-70(61,62)68-51-48(56)46(54)47(55)50(49(51)57)67-69(58,59)60)65-45(53)38-34-36-43-42(66-43)35-32-30-28-26-24-16-14-12-10-8-6-4-2/h5,7,11-14,17-18,20-21,24,26,30,32,41-43,46-51,54-57H,3-4,6,8-10,15-16,19,22-23,25,27-29,31,33-40H2,1-2H3,(H,61,62)(H2,58,59,60)/b7-5-,13-11-,14-12-,18-17-,21-20-,26-24-,32-30-/t41-,42?,43?,46?,47?,48?,49?,50-,51+/m1/s1. The summed E-state index contributed by atoms with van der Waals surface area (Å²) in [6.07, 6.45) is 34.0. The lowest BCUT2D eigenvalue weighted by Crippen LogP contribution is -2.64. The fourth-order valence-corrected chi connectivity index (χ4v) is 8.94. The van der Waals surface area contributed by atoms with Gasteiger partial charge >= 0.3 is 27.6 Å². The minimum atomic E-state index is -5.38. The maximum atomic E-state index is 13.0. The van der Waals surface area contributed by atoms with Crippen molar-refractivity contribution in [3.8, 4) is 0 Å². The van der Waals surface area contributed by atoms with Crippen LogP contribution in [0.3, 0.4) is 0 Å². The number of phosphoric acid groups is 2. The Kier molecular flexibility index (Phi) is 34.2. The fraction of sp³-hybridized carbons (Fsp3) is 0.686. The number of allylic oxidation sites excluding steroid dienone is 13. The number of rotatable bonds is 40. The second-order valence-corrected chi connectivity index (χ2v) is 20.1. The van der Waals surface area contributed by atoms with Crippen molar-refractivity contribution in [2.75, 3.05) is 13.2 Å². The van der Waals surface area contributed by atoms with Crippen LogP contribution in [0.15, 0.2) is 85.1 Å². The molecule has 7 unspecified atom stereocenters. The van der Waals surface area contributed by atoms with E-state index in [1.165, 1.54) is 19.3 Å². The third-order valence-corrected chi connectivity index (χ3v) is 12.9. The third-order valence-electron chi connectivity index (χ3n) is 11.4. The van der Waals surface area contributed by atoms with E-state index in [-0.39, 0.29) is 25.0 Å². The number of hydrogen-bond acceptors (Lipinski definition) is 14. The second kappa shape index (κ2) is 37.8. The Labute approximate surface area is 416 Å². The Morgan fingerprint density at radius 1 is 0.543 bits per heavy atom. The van der Waals surface area contributed by atoms with Crippen molar-refractivity contribution in [2.24, 2.45) is 0 Å². The van der Waals surface area contributed by atoms with Crippen LogP contribution in [0.1, 0.15) is 155 Å².